The number of hydrogen-bond donors (Lipinski definition) is 0. The van der Waals surface area contributed by atoms with Crippen molar-refractivity contribution in [1.82, 2.24) is 4.98 Å². The Morgan fingerprint density at radius 1 is 0.886 bits per heavy atom. The molecular weight excluding hydrogens is 480 g/mol. The van der Waals surface area contributed by atoms with Gasteiger partial charge in [-0.25, -0.2) is 9.78 Å². The summed E-state index contributed by atoms with van der Waals surface area (Å²) in [6.07, 6.45) is 0.792. The van der Waals surface area contributed by atoms with E-state index in [0.717, 1.165) is 39.7 Å². The molecule has 0 amide bonds. The van der Waals surface area contributed by atoms with Crippen LogP contribution >= 0.6 is 22.7 Å². The molecule has 0 fully saturated rings. The number of fused-ring (bicyclic) bond motifs is 1. The van der Waals surface area contributed by atoms with E-state index in [1.54, 1.807) is 24.3 Å². The normalized spacial score (nSPS) is 11.6. The molecule has 2 aromatic carbocycles. The molecule has 10 heteroatoms. The molecule has 0 aliphatic carbocycles. The van der Waals surface area contributed by atoms with Crippen LogP contribution in [0.25, 0.3) is 9.53 Å². The number of carbonyl (C=O) groups excluding carboxylic acids is 1. The van der Waals surface area contributed by atoms with Crippen LogP contribution < -0.4 is 4.90 Å². The molecule has 0 saturated carbocycles. The van der Waals surface area contributed by atoms with Crippen molar-refractivity contribution in [2.75, 3.05) is 24.6 Å². The first-order valence-corrected chi connectivity index (χ1v) is 13.1. The van der Waals surface area contributed by atoms with E-state index >= 15 is 0 Å². The SMILES string of the molecule is CCCOC(=O)c1ccc(N=Nc2cc3sc(N=Nc4ccc(N(CC)CC)cc4)nc3s2)cc1. The minimum Gasteiger partial charge on any atom is -0.462 e. The third-order valence-electron chi connectivity index (χ3n) is 5.10. The number of esters is 1. The highest BCUT2D eigenvalue weighted by atomic mass is 32.1. The monoisotopic (exact) mass is 506 g/mol. The van der Waals surface area contributed by atoms with Gasteiger partial charge in [-0.3, -0.25) is 0 Å². The maximum Gasteiger partial charge on any atom is 0.338 e. The number of rotatable bonds is 10. The fourth-order valence-corrected chi connectivity index (χ4v) is 5.12. The maximum absolute atomic E-state index is 11.9. The van der Waals surface area contributed by atoms with Gasteiger partial charge in [0.15, 0.2) is 0 Å². The summed E-state index contributed by atoms with van der Waals surface area (Å²) in [4.78, 5) is 19.6. The summed E-state index contributed by atoms with van der Waals surface area (Å²) in [5.41, 5.74) is 3.12. The quantitative estimate of drug-likeness (QED) is 0.159. The standard InChI is InChI=1S/C25H26N6O2S2/c1-4-15-33-24(32)17-7-9-18(10-8-17)27-29-22-16-21-23(35-22)26-25(34-21)30-28-19-11-13-20(14-12-19)31(5-2)6-3/h7-14,16H,4-6,15H2,1-3H3. The average Bonchev–Trinajstić information content (AvgIpc) is 3.45. The minimum absolute atomic E-state index is 0.329. The zero-order valence-corrected chi connectivity index (χ0v) is 21.5. The van der Waals surface area contributed by atoms with Gasteiger partial charge in [0.2, 0.25) is 5.13 Å². The van der Waals surface area contributed by atoms with Crippen LogP contribution in [0.15, 0.2) is 75.1 Å². The molecule has 35 heavy (non-hydrogen) atoms. The number of thiazole rings is 1. The number of anilines is 1. The molecule has 0 bridgehead atoms. The van der Waals surface area contributed by atoms with Gasteiger partial charge in [0, 0.05) is 18.8 Å². The number of azo groups is 2. The number of aromatic nitrogens is 1. The van der Waals surface area contributed by atoms with E-state index in [4.69, 9.17) is 4.74 Å². The van der Waals surface area contributed by atoms with Crippen LogP contribution in [0.3, 0.4) is 0 Å². The van der Waals surface area contributed by atoms with Crippen LogP contribution in [0.2, 0.25) is 0 Å². The average molecular weight is 507 g/mol. The van der Waals surface area contributed by atoms with Gasteiger partial charge >= 0.3 is 5.97 Å². The second-order valence-corrected chi connectivity index (χ2v) is 9.54. The molecule has 0 aliphatic heterocycles. The van der Waals surface area contributed by atoms with Crippen LogP contribution in [-0.4, -0.2) is 30.6 Å². The Balaban J connectivity index is 1.38. The topological polar surface area (TPSA) is 91.9 Å². The molecule has 2 aromatic heterocycles. The number of hydrogen-bond acceptors (Lipinski definition) is 10. The Bertz CT molecular complexity index is 1290. The van der Waals surface area contributed by atoms with Crippen LogP contribution in [0, 0.1) is 0 Å². The van der Waals surface area contributed by atoms with Crippen molar-refractivity contribution in [2.24, 2.45) is 20.5 Å². The van der Waals surface area contributed by atoms with Gasteiger partial charge in [-0.15, -0.1) is 20.5 Å². The molecule has 8 nitrogen and oxygen atoms in total. The highest BCUT2D eigenvalue weighted by Gasteiger charge is 2.09. The van der Waals surface area contributed by atoms with Crippen molar-refractivity contribution in [3.63, 3.8) is 0 Å². The van der Waals surface area contributed by atoms with E-state index < -0.39 is 0 Å². The van der Waals surface area contributed by atoms with Crippen molar-refractivity contribution in [2.45, 2.75) is 27.2 Å². The van der Waals surface area contributed by atoms with Crippen molar-refractivity contribution in [1.29, 1.82) is 0 Å². The molecule has 4 rings (SSSR count). The molecule has 2 heterocycles. The highest BCUT2D eigenvalue weighted by Crippen LogP contribution is 2.39. The molecule has 180 valence electrons. The van der Waals surface area contributed by atoms with Crippen molar-refractivity contribution >= 4 is 65.4 Å². The summed E-state index contributed by atoms with van der Waals surface area (Å²) in [7, 11) is 0. The van der Waals surface area contributed by atoms with E-state index in [0.29, 0.717) is 23.0 Å². The smallest absolute Gasteiger partial charge is 0.338 e. The first-order valence-electron chi connectivity index (χ1n) is 11.5. The molecule has 0 radical (unpaired) electrons. The zero-order valence-electron chi connectivity index (χ0n) is 19.8. The summed E-state index contributed by atoms with van der Waals surface area (Å²) in [6, 6.07) is 16.9. The number of ether oxygens (including phenoxy) is 1. The van der Waals surface area contributed by atoms with Crippen LogP contribution in [-0.2, 0) is 4.74 Å². The number of carbonyl (C=O) groups is 1. The zero-order chi connectivity index (χ0) is 24.6. The van der Waals surface area contributed by atoms with Gasteiger partial charge in [0.1, 0.15) is 9.83 Å². The molecule has 0 spiro atoms. The molecule has 0 atom stereocenters. The predicted octanol–water partition coefficient (Wildman–Crippen LogP) is 8.60. The van der Waals surface area contributed by atoms with Gasteiger partial charge in [0.25, 0.3) is 0 Å². The Hall–Kier alpha value is -3.50. The van der Waals surface area contributed by atoms with E-state index in [-0.39, 0.29) is 5.97 Å². The fourth-order valence-electron chi connectivity index (χ4n) is 3.27. The lowest BCUT2D eigenvalue weighted by atomic mass is 10.2. The lowest BCUT2D eigenvalue weighted by molar-refractivity contribution is 0.0505. The predicted molar refractivity (Wildman–Crippen MR) is 143 cm³/mol. The highest BCUT2D eigenvalue weighted by molar-refractivity contribution is 7.30. The summed E-state index contributed by atoms with van der Waals surface area (Å²) in [5, 5.41) is 18.5. The van der Waals surface area contributed by atoms with Gasteiger partial charge in [-0.2, -0.15) is 0 Å². The first kappa shape index (κ1) is 24.6. The lowest BCUT2D eigenvalue weighted by Crippen LogP contribution is -2.21. The molecule has 0 unspecified atom stereocenters. The van der Waals surface area contributed by atoms with Crippen LogP contribution in [0.4, 0.5) is 27.2 Å². The number of benzene rings is 2. The summed E-state index contributed by atoms with van der Waals surface area (Å²) in [5.74, 6) is -0.329. The molecule has 0 N–H and O–H groups in total. The second kappa shape index (κ2) is 11.8. The minimum atomic E-state index is -0.329. The number of nitrogens with zero attached hydrogens (tertiary/aromatic N) is 6. The fraction of sp³-hybridized carbons (Fsp3) is 0.280. The van der Waals surface area contributed by atoms with E-state index in [9.17, 15) is 4.79 Å². The summed E-state index contributed by atoms with van der Waals surface area (Å²) >= 11 is 2.91. The third-order valence-corrected chi connectivity index (χ3v) is 7.03. The van der Waals surface area contributed by atoms with Gasteiger partial charge in [-0.05, 0) is 74.9 Å². The largest absolute Gasteiger partial charge is 0.462 e. The molecule has 0 aliphatic rings. The third kappa shape index (κ3) is 6.34. The second-order valence-electron chi connectivity index (χ2n) is 7.52. The van der Waals surface area contributed by atoms with Crippen molar-refractivity contribution < 1.29 is 9.53 Å². The van der Waals surface area contributed by atoms with Crippen LogP contribution in [0.5, 0.6) is 0 Å². The molecular formula is C25H26N6O2S2. The van der Waals surface area contributed by atoms with Gasteiger partial charge in [0.05, 0.1) is 28.2 Å². The summed E-state index contributed by atoms with van der Waals surface area (Å²) < 4.78 is 6.12. The van der Waals surface area contributed by atoms with E-state index in [1.807, 2.05) is 25.1 Å². The first-order chi connectivity index (χ1) is 17.1. The summed E-state index contributed by atoms with van der Waals surface area (Å²) in [6.45, 7) is 8.59. The Kier molecular flexibility index (Phi) is 8.27. The van der Waals surface area contributed by atoms with Crippen LogP contribution in [0.1, 0.15) is 37.6 Å². The number of thiophene rings is 1. The Morgan fingerprint density at radius 2 is 1.54 bits per heavy atom. The molecule has 4 aromatic rings. The Labute approximate surface area is 212 Å². The van der Waals surface area contributed by atoms with Crippen molar-refractivity contribution in [3.8, 4) is 0 Å². The maximum atomic E-state index is 11.9. The van der Waals surface area contributed by atoms with E-state index in [1.165, 1.54) is 28.4 Å². The molecule has 0 saturated heterocycles. The van der Waals surface area contributed by atoms with Gasteiger partial charge in [-0.1, -0.05) is 29.6 Å². The Morgan fingerprint density at radius 3 is 2.17 bits per heavy atom. The van der Waals surface area contributed by atoms with Crippen molar-refractivity contribution in [3.05, 3.63) is 60.2 Å². The lowest BCUT2D eigenvalue weighted by Gasteiger charge is -2.20. The van der Waals surface area contributed by atoms with E-state index in [2.05, 4.69) is 56.3 Å². The van der Waals surface area contributed by atoms with Gasteiger partial charge < -0.3 is 9.64 Å².